The van der Waals surface area contributed by atoms with E-state index in [1.807, 2.05) is 68.4 Å². The van der Waals surface area contributed by atoms with Gasteiger partial charge in [-0.15, -0.1) is 0 Å². The van der Waals surface area contributed by atoms with E-state index in [9.17, 15) is 24.3 Å². The number of aromatic amines is 1. The smallest absolute Gasteiger partial charge is 0.326 e. The van der Waals surface area contributed by atoms with Crippen molar-refractivity contribution in [2.24, 2.45) is 17.4 Å². The number of H-pyrrole nitrogens is 1. The van der Waals surface area contributed by atoms with Crippen molar-refractivity contribution >= 4 is 34.6 Å². The average molecular weight is 593 g/mol. The number of fused-ring (bicyclic) bond motifs is 1. The third kappa shape index (κ3) is 10.2. The second-order valence-electron chi connectivity index (χ2n) is 11.3. The fourth-order valence-corrected chi connectivity index (χ4v) is 4.98. The van der Waals surface area contributed by atoms with Crippen molar-refractivity contribution in [3.8, 4) is 0 Å². The molecule has 0 aliphatic carbocycles. The van der Waals surface area contributed by atoms with Crippen molar-refractivity contribution in [3.63, 3.8) is 0 Å². The van der Waals surface area contributed by atoms with E-state index in [0.29, 0.717) is 25.8 Å². The Bertz CT molecular complexity index is 1360. The van der Waals surface area contributed by atoms with Gasteiger partial charge in [0.25, 0.3) is 0 Å². The number of hydrogen-bond donors (Lipinski definition) is 7. The molecule has 232 valence electrons. The van der Waals surface area contributed by atoms with E-state index in [1.165, 1.54) is 0 Å². The molecule has 0 saturated carbocycles. The SMILES string of the molecule is CC(C)CC(N)C(=O)NC(Cc1c[nH]c2ccccc12)C(=O)NC(Cc1ccccc1)C(=O)NC(CCCCN)C(=O)O. The fraction of sp³-hybridized carbons (Fsp3) is 0.438. The topological polar surface area (TPSA) is 192 Å². The average Bonchev–Trinajstić information content (AvgIpc) is 3.38. The molecule has 3 rings (SSSR count). The third-order valence-electron chi connectivity index (χ3n) is 7.27. The maximum absolute atomic E-state index is 13.8. The van der Waals surface area contributed by atoms with Crippen molar-refractivity contribution in [1.82, 2.24) is 20.9 Å². The fourth-order valence-electron chi connectivity index (χ4n) is 4.98. The molecule has 0 aliphatic heterocycles. The van der Waals surface area contributed by atoms with Gasteiger partial charge in [-0.05, 0) is 55.3 Å². The lowest BCUT2D eigenvalue weighted by molar-refractivity contribution is -0.142. The lowest BCUT2D eigenvalue weighted by Gasteiger charge is -2.25. The monoisotopic (exact) mass is 592 g/mol. The van der Waals surface area contributed by atoms with Crippen LogP contribution in [-0.4, -0.2) is 64.5 Å². The first-order valence-corrected chi connectivity index (χ1v) is 14.8. The second-order valence-corrected chi connectivity index (χ2v) is 11.3. The van der Waals surface area contributed by atoms with E-state index in [-0.39, 0.29) is 25.2 Å². The van der Waals surface area contributed by atoms with Crippen molar-refractivity contribution in [1.29, 1.82) is 0 Å². The largest absolute Gasteiger partial charge is 0.480 e. The molecular formula is C32H44N6O5. The maximum atomic E-state index is 13.8. The Balaban J connectivity index is 1.87. The van der Waals surface area contributed by atoms with Gasteiger partial charge in [0.15, 0.2) is 0 Å². The number of amides is 3. The van der Waals surface area contributed by atoms with Gasteiger partial charge in [0.05, 0.1) is 6.04 Å². The van der Waals surface area contributed by atoms with E-state index >= 15 is 0 Å². The molecule has 1 aromatic heterocycles. The van der Waals surface area contributed by atoms with Gasteiger partial charge in [0.1, 0.15) is 18.1 Å². The van der Waals surface area contributed by atoms with E-state index in [2.05, 4.69) is 20.9 Å². The van der Waals surface area contributed by atoms with Crippen molar-refractivity contribution < 1.29 is 24.3 Å². The second kappa shape index (κ2) is 16.4. The van der Waals surface area contributed by atoms with Gasteiger partial charge < -0.3 is 37.5 Å². The molecule has 2 aromatic carbocycles. The van der Waals surface area contributed by atoms with Gasteiger partial charge in [-0.1, -0.05) is 62.4 Å². The standard InChI is InChI=1S/C32H44N6O5/c1-20(2)16-24(34)29(39)37-28(18-22-19-35-25-13-7-6-12-23(22)25)31(41)38-27(17-21-10-4-3-5-11-21)30(40)36-26(32(42)43)14-8-9-15-33/h3-7,10-13,19-20,24,26-28,35H,8-9,14-18,33-34H2,1-2H3,(H,36,40)(H,37,39)(H,38,41)(H,42,43). The number of nitrogens with two attached hydrogens (primary N) is 2. The summed E-state index contributed by atoms with van der Waals surface area (Å²) in [5, 5.41) is 18.8. The summed E-state index contributed by atoms with van der Waals surface area (Å²) in [4.78, 5) is 55.4. The highest BCUT2D eigenvalue weighted by Gasteiger charge is 2.31. The number of carbonyl (C=O) groups is 4. The molecule has 11 nitrogen and oxygen atoms in total. The number of unbranched alkanes of at least 4 members (excludes halogenated alkanes) is 1. The lowest BCUT2D eigenvalue weighted by Crippen LogP contribution is -2.58. The molecule has 11 heteroatoms. The van der Waals surface area contributed by atoms with Crippen LogP contribution in [0.25, 0.3) is 10.9 Å². The van der Waals surface area contributed by atoms with Crippen LogP contribution in [0.1, 0.15) is 50.7 Å². The quantitative estimate of drug-likeness (QED) is 0.117. The van der Waals surface area contributed by atoms with E-state index in [1.54, 1.807) is 6.20 Å². The zero-order valence-electron chi connectivity index (χ0n) is 24.8. The first-order valence-electron chi connectivity index (χ1n) is 14.8. The first kappa shape index (κ1) is 33.3. The summed E-state index contributed by atoms with van der Waals surface area (Å²) < 4.78 is 0. The number of para-hydroxylation sites is 1. The lowest BCUT2D eigenvalue weighted by atomic mass is 10.00. The summed E-state index contributed by atoms with van der Waals surface area (Å²) in [6.45, 7) is 4.32. The van der Waals surface area contributed by atoms with Crippen LogP contribution in [0.15, 0.2) is 60.8 Å². The molecule has 3 aromatic rings. The number of hydrogen-bond acceptors (Lipinski definition) is 6. The van der Waals surface area contributed by atoms with Gasteiger partial charge in [-0.25, -0.2) is 4.79 Å². The summed E-state index contributed by atoms with van der Waals surface area (Å²) in [5.74, 6) is -2.68. The molecule has 0 fully saturated rings. The third-order valence-corrected chi connectivity index (χ3v) is 7.27. The summed E-state index contributed by atoms with van der Waals surface area (Å²) in [6.07, 6.45) is 3.85. The molecule has 4 atom stereocenters. The van der Waals surface area contributed by atoms with Gasteiger partial charge in [-0.3, -0.25) is 14.4 Å². The van der Waals surface area contributed by atoms with Gasteiger partial charge in [-0.2, -0.15) is 0 Å². The number of aromatic nitrogens is 1. The van der Waals surface area contributed by atoms with Crippen LogP contribution in [0, 0.1) is 5.92 Å². The highest BCUT2D eigenvalue weighted by atomic mass is 16.4. The van der Waals surface area contributed by atoms with Crippen LogP contribution in [0.3, 0.4) is 0 Å². The summed E-state index contributed by atoms with van der Waals surface area (Å²) in [7, 11) is 0. The van der Waals surface area contributed by atoms with Crippen molar-refractivity contribution in [3.05, 3.63) is 71.9 Å². The molecule has 3 amide bonds. The van der Waals surface area contributed by atoms with Crippen LogP contribution in [-0.2, 0) is 32.0 Å². The molecule has 1 heterocycles. The van der Waals surface area contributed by atoms with Gasteiger partial charge in [0, 0.05) is 29.9 Å². The molecule has 43 heavy (non-hydrogen) atoms. The number of rotatable bonds is 17. The van der Waals surface area contributed by atoms with Crippen LogP contribution < -0.4 is 27.4 Å². The molecule has 4 unspecified atom stereocenters. The number of benzene rings is 2. The minimum atomic E-state index is -1.17. The highest BCUT2D eigenvalue weighted by molar-refractivity contribution is 5.95. The van der Waals surface area contributed by atoms with Crippen molar-refractivity contribution in [2.75, 3.05) is 6.54 Å². The van der Waals surface area contributed by atoms with Crippen LogP contribution >= 0.6 is 0 Å². The minimum absolute atomic E-state index is 0.119. The molecule has 0 saturated heterocycles. The number of carboxylic acid groups (broad SMARTS) is 1. The molecule has 0 aliphatic rings. The Labute approximate surface area is 252 Å². The Kier molecular flexibility index (Phi) is 12.7. The summed E-state index contributed by atoms with van der Waals surface area (Å²) in [5.41, 5.74) is 14.1. The highest BCUT2D eigenvalue weighted by Crippen LogP contribution is 2.19. The Hall–Kier alpha value is -4.22. The minimum Gasteiger partial charge on any atom is -0.480 e. The Morgan fingerprint density at radius 3 is 2.07 bits per heavy atom. The van der Waals surface area contributed by atoms with E-state index in [0.717, 1.165) is 22.0 Å². The number of carbonyl (C=O) groups excluding carboxylic acids is 3. The number of carboxylic acids is 1. The predicted molar refractivity (Wildman–Crippen MR) is 166 cm³/mol. The van der Waals surface area contributed by atoms with Crippen molar-refractivity contribution in [2.45, 2.75) is 76.5 Å². The normalized spacial score (nSPS) is 14.1. The first-order chi connectivity index (χ1) is 20.6. The molecule has 0 spiro atoms. The Morgan fingerprint density at radius 1 is 0.814 bits per heavy atom. The Morgan fingerprint density at radius 2 is 1.42 bits per heavy atom. The molecule has 9 N–H and O–H groups in total. The van der Waals surface area contributed by atoms with Gasteiger partial charge >= 0.3 is 5.97 Å². The van der Waals surface area contributed by atoms with E-state index < -0.39 is 47.9 Å². The molecule has 0 radical (unpaired) electrons. The zero-order valence-corrected chi connectivity index (χ0v) is 24.8. The summed E-state index contributed by atoms with van der Waals surface area (Å²) in [6, 6.07) is 12.6. The van der Waals surface area contributed by atoms with E-state index in [4.69, 9.17) is 11.5 Å². The predicted octanol–water partition coefficient (Wildman–Crippen LogP) is 1.99. The summed E-state index contributed by atoms with van der Waals surface area (Å²) >= 11 is 0. The number of aliphatic carboxylic acids is 1. The molecular weight excluding hydrogens is 548 g/mol. The van der Waals surface area contributed by atoms with Gasteiger partial charge in [0.2, 0.25) is 17.7 Å². The van der Waals surface area contributed by atoms with Crippen LogP contribution in [0.5, 0.6) is 0 Å². The zero-order chi connectivity index (χ0) is 31.4. The molecule has 0 bridgehead atoms. The van der Waals surface area contributed by atoms with Crippen LogP contribution in [0.2, 0.25) is 0 Å². The number of nitrogens with one attached hydrogen (secondary N) is 4. The maximum Gasteiger partial charge on any atom is 0.326 e. The van der Waals surface area contributed by atoms with Crippen LogP contribution in [0.4, 0.5) is 0 Å².